The minimum atomic E-state index is -0.976. The van der Waals surface area contributed by atoms with Gasteiger partial charge < -0.3 is 19.5 Å². The standard InChI is InChI=1S/C28H23N3O6/c1-35-21-13-10-19(11-14-21)28(34)37-25-15-12-18-6-3-4-9-23(18)24(25)17-29-31-27(33)26(32)30-20-7-5-8-22(16-20)36-2/h3-17H,1-2H3,(H,30,32)(H,31,33). The maximum absolute atomic E-state index is 12.8. The fraction of sp³-hybridized carbons (Fsp3) is 0.0714. The van der Waals surface area contributed by atoms with Crippen LogP contribution in [0.15, 0.2) is 90.0 Å². The summed E-state index contributed by atoms with van der Waals surface area (Å²) < 4.78 is 15.9. The molecular formula is C28H23N3O6. The number of rotatable bonds is 7. The van der Waals surface area contributed by atoms with Crippen molar-refractivity contribution in [1.29, 1.82) is 0 Å². The van der Waals surface area contributed by atoms with E-state index in [-0.39, 0.29) is 5.75 Å². The van der Waals surface area contributed by atoms with Crippen LogP contribution in [0.5, 0.6) is 17.2 Å². The van der Waals surface area contributed by atoms with Gasteiger partial charge in [-0.3, -0.25) is 9.59 Å². The summed E-state index contributed by atoms with van der Waals surface area (Å²) in [5.41, 5.74) is 3.38. The lowest BCUT2D eigenvalue weighted by molar-refractivity contribution is -0.136. The Morgan fingerprint density at radius 3 is 2.30 bits per heavy atom. The molecule has 0 saturated heterocycles. The zero-order valence-corrected chi connectivity index (χ0v) is 20.1. The SMILES string of the molecule is COc1ccc(C(=O)Oc2ccc3ccccc3c2C=NNC(=O)C(=O)Nc2cccc(OC)c2)cc1. The second-order valence-corrected chi connectivity index (χ2v) is 7.70. The summed E-state index contributed by atoms with van der Waals surface area (Å²) in [5.74, 6) is -1.08. The molecule has 0 aliphatic heterocycles. The number of hydrazone groups is 1. The number of carbonyl (C=O) groups excluding carboxylic acids is 3. The monoisotopic (exact) mass is 497 g/mol. The van der Waals surface area contributed by atoms with Crippen LogP contribution in [0.3, 0.4) is 0 Å². The molecule has 4 rings (SSSR count). The van der Waals surface area contributed by atoms with Crippen molar-refractivity contribution in [2.24, 2.45) is 5.10 Å². The molecule has 0 unspecified atom stereocenters. The van der Waals surface area contributed by atoms with Gasteiger partial charge in [0, 0.05) is 17.3 Å². The first-order valence-electron chi connectivity index (χ1n) is 11.1. The average Bonchev–Trinajstić information content (AvgIpc) is 2.93. The highest BCUT2D eigenvalue weighted by Crippen LogP contribution is 2.27. The number of nitrogens with zero attached hydrogens (tertiary/aromatic N) is 1. The molecule has 2 N–H and O–H groups in total. The largest absolute Gasteiger partial charge is 0.497 e. The molecule has 4 aromatic rings. The van der Waals surface area contributed by atoms with E-state index < -0.39 is 17.8 Å². The Bertz CT molecular complexity index is 1480. The van der Waals surface area contributed by atoms with Crippen molar-refractivity contribution in [3.8, 4) is 17.2 Å². The maximum Gasteiger partial charge on any atom is 0.343 e. The summed E-state index contributed by atoms with van der Waals surface area (Å²) in [6.45, 7) is 0. The van der Waals surface area contributed by atoms with Crippen molar-refractivity contribution < 1.29 is 28.6 Å². The highest BCUT2D eigenvalue weighted by molar-refractivity contribution is 6.39. The number of hydrogen-bond donors (Lipinski definition) is 2. The lowest BCUT2D eigenvalue weighted by Gasteiger charge is -2.11. The van der Waals surface area contributed by atoms with Gasteiger partial charge >= 0.3 is 17.8 Å². The average molecular weight is 498 g/mol. The predicted octanol–water partition coefficient (Wildman–Crippen LogP) is 4.17. The lowest BCUT2D eigenvalue weighted by atomic mass is 10.0. The molecule has 0 heterocycles. The number of amides is 2. The topological polar surface area (TPSA) is 115 Å². The second kappa shape index (κ2) is 11.5. The number of methoxy groups -OCH3 is 2. The number of carbonyl (C=O) groups is 3. The second-order valence-electron chi connectivity index (χ2n) is 7.70. The molecule has 0 fully saturated rings. The minimum Gasteiger partial charge on any atom is -0.497 e. The number of hydrogen-bond acceptors (Lipinski definition) is 7. The lowest BCUT2D eigenvalue weighted by Crippen LogP contribution is -2.32. The normalized spacial score (nSPS) is 10.6. The van der Waals surface area contributed by atoms with E-state index in [9.17, 15) is 14.4 Å². The number of fused-ring (bicyclic) bond motifs is 1. The van der Waals surface area contributed by atoms with Crippen molar-refractivity contribution in [3.05, 3.63) is 96.1 Å². The van der Waals surface area contributed by atoms with Gasteiger partial charge in [-0.2, -0.15) is 5.10 Å². The van der Waals surface area contributed by atoms with Crippen molar-refractivity contribution in [2.45, 2.75) is 0 Å². The molecule has 0 spiro atoms. The quantitative estimate of drug-likeness (QED) is 0.130. The van der Waals surface area contributed by atoms with Gasteiger partial charge in [-0.05, 0) is 53.2 Å². The van der Waals surface area contributed by atoms with Gasteiger partial charge in [-0.15, -0.1) is 0 Å². The van der Waals surface area contributed by atoms with E-state index in [4.69, 9.17) is 14.2 Å². The molecule has 0 saturated carbocycles. The molecule has 9 heteroatoms. The third-order valence-corrected chi connectivity index (χ3v) is 5.35. The summed E-state index contributed by atoms with van der Waals surface area (Å²) in [6, 6.07) is 24.0. The fourth-order valence-corrected chi connectivity index (χ4v) is 3.48. The molecule has 0 bridgehead atoms. The molecule has 0 radical (unpaired) electrons. The van der Waals surface area contributed by atoms with Gasteiger partial charge in [0.05, 0.1) is 26.0 Å². The van der Waals surface area contributed by atoms with Gasteiger partial charge in [0.2, 0.25) is 0 Å². The first kappa shape index (κ1) is 24.9. The Balaban J connectivity index is 1.52. The van der Waals surface area contributed by atoms with Crippen LogP contribution in [0.4, 0.5) is 5.69 Å². The van der Waals surface area contributed by atoms with Gasteiger partial charge in [-0.1, -0.05) is 36.4 Å². The van der Waals surface area contributed by atoms with Crippen LogP contribution in [-0.4, -0.2) is 38.2 Å². The van der Waals surface area contributed by atoms with Crippen LogP contribution < -0.4 is 25.0 Å². The number of ether oxygens (including phenoxy) is 3. The highest BCUT2D eigenvalue weighted by atomic mass is 16.5. The molecule has 0 aromatic heterocycles. The Morgan fingerprint density at radius 2 is 1.54 bits per heavy atom. The molecule has 0 atom stereocenters. The van der Waals surface area contributed by atoms with Crippen molar-refractivity contribution >= 4 is 40.5 Å². The first-order valence-corrected chi connectivity index (χ1v) is 11.1. The van der Waals surface area contributed by atoms with E-state index in [2.05, 4.69) is 15.8 Å². The van der Waals surface area contributed by atoms with Crippen LogP contribution in [0.2, 0.25) is 0 Å². The van der Waals surface area contributed by atoms with Gasteiger partial charge in [0.15, 0.2) is 0 Å². The zero-order chi connectivity index (χ0) is 26.2. The number of nitrogens with one attached hydrogen (secondary N) is 2. The Morgan fingerprint density at radius 1 is 0.784 bits per heavy atom. The number of benzene rings is 4. The summed E-state index contributed by atoms with van der Waals surface area (Å²) in [4.78, 5) is 37.3. The molecule has 2 amide bonds. The van der Waals surface area contributed by atoms with Crippen LogP contribution >= 0.6 is 0 Å². The molecule has 0 aliphatic rings. The summed E-state index contributed by atoms with van der Waals surface area (Å²) in [5, 5.41) is 8.02. The Kier molecular flexibility index (Phi) is 7.75. The third kappa shape index (κ3) is 6.09. The first-order chi connectivity index (χ1) is 18.0. The van der Waals surface area contributed by atoms with E-state index in [0.717, 1.165) is 10.8 Å². The minimum absolute atomic E-state index is 0.235. The van der Waals surface area contributed by atoms with Gasteiger partial charge in [0.25, 0.3) is 0 Å². The van der Waals surface area contributed by atoms with Crippen LogP contribution in [0.1, 0.15) is 15.9 Å². The van der Waals surface area contributed by atoms with Gasteiger partial charge in [0.1, 0.15) is 17.2 Å². The molecule has 9 nitrogen and oxygen atoms in total. The Hall–Kier alpha value is -5.18. The molecule has 0 aliphatic carbocycles. The third-order valence-electron chi connectivity index (χ3n) is 5.35. The molecule has 186 valence electrons. The predicted molar refractivity (Wildman–Crippen MR) is 139 cm³/mol. The van der Waals surface area contributed by atoms with E-state index in [1.165, 1.54) is 20.4 Å². The number of esters is 1. The van der Waals surface area contributed by atoms with E-state index in [1.807, 2.05) is 30.3 Å². The molecule has 4 aromatic carbocycles. The fourth-order valence-electron chi connectivity index (χ4n) is 3.48. The Labute approximate surface area is 212 Å². The summed E-state index contributed by atoms with van der Waals surface area (Å²) >= 11 is 0. The maximum atomic E-state index is 12.8. The summed E-state index contributed by atoms with van der Waals surface area (Å²) in [6.07, 6.45) is 1.33. The van der Waals surface area contributed by atoms with Gasteiger partial charge in [-0.25, -0.2) is 10.2 Å². The van der Waals surface area contributed by atoms with Crippen molar-refractivity contribution in [3.63, 3.8) is 0 Å². The molecule has 37 heavy (non-hydrogen) atoms. The molecular weight excluding hydrogens is 474 g/mol. The van der Waals surface area contributed by atoms with Crippen LogP contribution in [0.25, 0.3) is 10.8 Å². The van der Waals surface area contributed by atoms with Crippen LogP contribution in [0, 0.1) is 0 Å². The van der Waals surface area contributed by atoms with Crippen molar-refractivity contribution in [1.82, 2.24) is 5.43 Å². The zero-order valence-electron chi connectivity index (χ0n) is 20.1. The summed E-state index contributed by atoms with van der Waals surface area (Å²) in [7, 11) is 3.04. The number of anilines is 1. The van der Waals surface area contributed by atoms with Crippen molar-refractivity contribution in [2.75, 3.05) is 19.5 Å². The van der Waals surface area contributed by atoms with Crippen LogP contribution in [-0.2, 0) is 9.59 Å². The van der Waals surface area contributed by atoms with E-state index in [0.29, 0.717) is 28.3 Å². The van der Waals surface area contributed by atoms with E-state index in [1.54, 1.807) is 54.6 Å². The van der Waals surface area contributed by atoms with E-state index >= 15 is 0 Å². The smallest absolute Gasteiger partial charge is 0.343 e. The highest BCUT2D eigenvalue weighted by Gasteiger charge is 2.16.